The molecule has 156 valence electrons. The van der Waals surface area contributed by atoms with E-state index < -0.39 is 0 Å². The minimum Gasteiger partial charge on any atom is -0.361 e. The normalized spacial score (nSPS) is 11.7. The molecule has 2 aromatic carbocycles. The van der Waals surface area contributed by atoms with Crippen LogP contribution >= 0.6 is 0 Å². The number of carbonyl (C=O) groups is 2. The zero-order valence-electron chi connectivity index (χ0n) is 18.2. The minimum absolute atomic E-state index is 0.0270. The lowest BCUT2D eigenvalue weighted by molar-refractivity contribution is -0.124. The molecule has 3 rings (SSSR count). The molecule has 0 aliphatic heterocycles. The van der Waals surface area contributed by atoms with Gasteiger partial charge >= 0.3 is 0 Å². The van der Waals surface area contributed by atoms with Crippen molar-refractivity contribution in [2.24, 2.45) is 0 Å². The molecular weight excluding hydrogens is 374 g/mol. The summed E-state index contributed by atoms with van der Waals surface area (Å²) in [5, 5.41) is 6.61. The Bertz CT molecular complexity index is 1120. The number of fused-ring (bicyclic) bond motifs is 1. The summed E-state index contributed by atoms with van der Waals surface area (Å²) < 4.78 is 0. The number of rotatable bonds is 6. The molecular formula is C25H29N3O2. The highest BCUT2D eigenvalue weighted by Crippen LogP contribution is 2.29. The van der Waals surface area contributed by atoms with E-state index in [0.29, 0.717) is 5.57 Å². The number of benzene rings is 2. The topological polar surface area (TPSA) is 74.0 Å². The molecule has 5 nitrogen and oxygen atoms in total. The highest BCUT2D eigenvalue weighted by atomic mass is 16.2. The smallest absolute Gasteiger partial charge is 0.247 e. The second kappa shape index (κ2) is 8.99. The van der Waals surface area contributed by atoms with Crippen LogP contribution in [0.4, 0.5) is 0 Å². The minimum atomic E-state index is -0.243. The molecule has 3 aromatic rings. The molecule has 0 spiro atoms. The van der Waals surface area contributed by atoms with Gasteiger partial charge in [0.1, 0.15) is 0 Å². The fourth-order valence-electron chi connectivity index (χ4n) is 3.50. The van der Waals surface area contributed by atoms with Crippen LogP contribution in [0.25, 0.3) is 28.1 Å². The Morgan fingerprint density at radius 1 is 1.07 bits per heavy atom. The van der Waals surface area contributed by atoms with E-state index in [4.69, 9.17) is 0 Å². The van der Waals surface area contributed by atoms with Gasteiger partial charge in [-0.2, -0.15) is 0 Å². The Labute approximate surface area is 177 Å². The van der Waals surface area contributed by atoms with E-state index in [1.807, 2.05) is 33.0 Å². The summed E-state index contributed by atoms with van der Waals surface area (Å²) in [5.74, 6) is -0.435. The molecule has 0 fully saturated rings. The van der Waals surface area contributed by atoms with E-state index in [1.54, 1.807) is 6.92 Å². The largest absolute Gasteiger partial charge is 0.361 e. The second-order valence-electron chi connectivity index (χ2n) is 8.04. The zero-order valence-corrected chi connectivity index (χ0v) is 18.2. The predicted molar refractivity (Wildman–Crippen MR) is 123 cm³/mol. The van der Waals surface area contributed by atoms with Crippen molar-refractivity contribution in [2.75, 3.05) is 6.54 Å². The second-order valence-corrected chi connectivity index (χ2v) is 8.04. The molecule has 0 aliphatic carbocycles. The molecule has 0 unspecified atom stereocenters. The fourth-order valence-corrected chi connectivity index (χ4v) is 3.50. The highest BCUT2D eigenvalue weighted by molar-refractivity contribution is 5.99. The lowest BCUT2D eigenvalue weighted by atomic mass is 9.93. The van der Waals surface area contributed by atoms with Crippen LogP contribution in [0.1, 0.15) is 37.5 Å². The van der Waals surface area contributed by atoms with Crippen molar-refractivity contribution in [1.82, 2.24) is 15.6 Å². The van der Waals surface area contributed by atoms with Crippen LogP contribution in [0.3, 0.4) is 0 Å². The molecule has 3 N–H and O–H groups in total. The third kappa shape index (κ3) is 4.98. The van der Waals surface area contributed by atoms with Crippen LogP contribution in [-0.4, -0.2) is 29.4 Å². The number of aryl methyl sites for hydroxylation is 2. The molecule has 30 heavy (non-hydrogen) atoms. The first-order chi connectivity index (χ1) is 14.2. The first-order valence-corrected chi connectivity index (χ1v) is 10.2. The summed E-state index contributed by atoms with van der Waals surface area (Å²) in [6.07, 6.45) is 3.82. The third-order valence-corrected chi connectivity index (χ3v) is 5.07. The number of amides is 2. The van der Waals surface area contributed by atoms with Crippen LogP contribution in [-0.2, 0) is 9.59 Å². The molecule has 5 heteroatoms. The van der Waals surface area contributed by atoms with Gasteiger partial charge in [0.25, 0.3) is 0 Å². The van der Waals surface area contributed by atoms with Gasteiger partial charge < -0.3 is 15.6 Å². The maximum absolute atomic E-state index is 12.4. The maximum Gasteiger partial charge on any atom is 0.247 e. The Morgan fingerprint density at radius 3 is 2.57 bits per heavy atom. The number of nitrogens with one attached hydrogen (secondary N) is 3. The SMILES string of the molecule is CC(=Cc1cc(C)c(-c2ccc3[nH]ccc3c2)cc1C)C(=O)NCC(=O)NC(C)C. The number of carbonyl (C=O) groups excluding carboxylic acids is 2. The van der Waals surface area contributed by atoms with Gasteiger partial charge in [0.15, 0.2) is 0 Å². The number of hydrogen-bond donors (Lipinski definition) is 3. The molecule has 0 bridgehead atoms. The van der Waals surface area contributed by atoms with Crippen molar-refractivity contribution in [2.45, 2.75) is 40.7 Å². The van der Waals surface area contributed by atoms with Crippen molar-refractivity contribution in [3.63, 3.8) is 0 Å². The number of H-pyrrole nitrogens is 1. The first kappa shape index (κ1) is 21.4. The molecule has 0 radical (unpaired) electrons. The van der Waals surface area contributed by atoms with Crippen molar-refractivity contribution >= 4 is 28.8 Å². The Morgan fingerprint density at radius 2 is 1.83 bits per heavy atom. The van der Waals surface area contributed by atoms with Crippen LogP contribution < -0.4 is 10.6 Å². The predicted octanol–water partition coefficient (Wildman–Crippen LogP) is 4.50. The average Bonchev–Trinajstić information content (AvgIpc) is 3.15. The average molecular weight is 404 g/mol. The van der Waals surface area contributed by atoms with E-state index >= 15 is 0 Å². The van der Waals surface area contributed by atoms with Crippen LogP contribution in [0, 0.1) is 13.8 Å². The van der Waals surface area contributed by atoms with E-state index in [2.05, 4.69) is 58.9 Å². The lowest BCUT2D eigenvalue weighted by Crippen LogP contribution is -2.40. The van der Waals surface area contributed by atoms with E-state index in [9.17, 15) is 9.59 Å². The number of aromatic amines is 1. The Kier molecular flexibility index (Phi) is 6.40. The molecule has 0 saturated heterocycles. The van der Waals surface area contributed by atoms with Gasteiger partial charge in [-0.05, 0) is 92.1 Å². The lowest BCUT2D eigenvalue weighted by Gasteiger charge is -2.12. The van der Waals surface area contributed by atoms with Gasteiger partial charge in [-0.1, -0.05) is 18.2 Å². The summed E-state index contributed by atoms with van der Waals surface area (Å²) in [7, 11) is 0. The molecule has 2 amide bonds. The van der Waals surface area contributed by atoms with Gasteiger partial charge in [-0.25, -0.2) is 0 Å². The monoisotopic (exact) mass is 403 g/mol. The highest BCUT2D eigenvalue weighted by Gasteiger charge is 2.11. The van der Waals surface area contributed by atoms with E-state index in [-0.39, 0.29) is 24.4 Å². The van der Waals surface area contributed by atoms with Crippen molar-refractivity contribution < 1.29 is 9.59 Å². The quantitative estimate of drug-likeness (QED) is 0.530. The number of aromatic nitrogens is 1. The van der Waals surface area contributed by atoms with Gasteiger partial charge in [-0.15, -0.1) is 0 Å². The summed E-state index contributed by atoms with van der Waals surface area (Å²) in [5.41, 5.74) is 7.27. The van der Waals surface area contributed by atoms with E-state index in [1.165, 1.54) is 16.5 Å². The Hall–Kier alpha value is -3.34. The molecule has 1 aromatic heterocycles. The summed E-state index contributed by atoms with van der Waals surface area (Å²) in [6.45, 7) is 9.63. The van der Waals surface area contributed by atoms with E-state index in [0.717, 1.165) is 22.2 Å². The van der Waals surface area contributed by atoms with Gasteiger partial charge in [-0.3, -0.25) is 9.59 Å². The molecule has 0 aliphatic rings. The fraction of sp³-hybridized carbons (Fsp3) is 0.280. The van der Waals surface area contributed by atoms with Gasteiger partial charge in [0.2, 0.25) is 11.8 Å². The maximum atomic E-state index is 12.4. The summed E-state index contributed by atoms with van der Waals surface area (Å²) >= 11 is 0. The standard InChI is InChI=1S/C25H29N3O2/c1-15(2)28-24(29)14-27-25(30)18(5)11-21-10-17(4)22(12-16(21)3)19-6-7-23-20(13-19)8-9-26-23/h6-13,15,26H,14H2,1-5H3,(H,27,30)(H,28,29). The zero-order chi connectivity index (χ0) is 21.8. The number of hydrogen-bond acceptors (Lipinski definition) is 2. The first-order valence-electron chi connectivity index (χ1n) is 10.2. The van der Waals surface area contributed by atoms with Crippen LogP contribution in [0.15, 0.2) is 48.2 Å². The van der Waals surface area contributed by atoms with Crippen LogP contribution in [0.5, 0.6) is 0 Å². The Balaban J connectivity index is 1.78. The van der Waals surface area contributed by atoms with Crippen molar-refractivity contribution in [1.29, 1.82) is 0 Å². The summed E-state index contributed by atoms with van der Waals surface area (Å²) in [6, 6.07) is 12.8. The van der Waals surface area contributed by atoms with Crippen molar-refractivity contribution in [3.8, 4) is 11.1 Å². The molecule has 0 saturated carbocycles. The van der Waals surface area contributed by atoms with Gasteiger partial charge in [0, 0.05) is 23.3 Å². The van der Waals surface area contributed by atoms with Gasteiger partial charge in [0.05, 0.1) is 6.54 Å². The third-order valence-electron chi connectivity index (χ3n) is 5.07. The molecule has 1 heterocycles. The van der Waals surface area contributed by atoms with Crippen LogP contribution in [0.2, 0.25) is 0 Å². The molecule has 0 atom stereocenters. The van der Waals surface area contributed by atoms with Crippen molar-refractivity contribution in [3.05, 3.63) is 64.9 Å². The summed E-state index contributed by atoms with van der Waals surface area (Å²) in [4.78, 5) is 27.3.